The van der Waals surface area contributed by atoms with E-state index in [1.54, 1.807) is 0 Å². The summed E-state index contributed by atoms with van der Waals surface area (Å²) in [4.78, 5) is 0. The summed E-state index contributed by atoms with van der Waals surface area (Å²) < 4.78 is 5.31. The first kappa shape index (κ1) is 18.3. The molecule has 0 radical (unpaired) electrons. The van der Waals surface area contributed by atoms with Crippen molar-refractivity contribution in [3.8, 4) is 0 Å². The van der Waals surface area contributed by atoms with E-state index >= 15 is 0 Å². The van der Waals surface area contributed by atoms with Gasteiger partial charge in [-0.1, -0.05) is 64.7 Å². The second-order valence-electron chi connectivity index (χ2n) is 4.38. The monoisotopic (exact) mass is 231 g/mol. The van der Waals surface area contributed by atoms with Gasteiger partial charge in [0, 0.05) is 13.2 Å². The Morgan fingerprint density at radius 2 is 1.06 bits per heavy atom. The van der Waals surface area contributed by atoms with Crippen LogP contribution in [0, 0.1) is 0 Å². The van der Waals surface area contributed by atoms with Crippen LogP contribution in [0.3, 0.4) is 0 Å². The summed E-state index contributed by atoms with van der Waals surface area (Å²) in [6.45, 7) is 6.18. The van der Waals surface area contributed by atoms with Gasteiger partial charge in [-0.05, 0) is 13.3 Å². The van der Waals surface area contributed by atoms with Gasteiger partial charge < -0.3 is 10.9 Å². The van der Waals surface area contributed by atoms with E-state index in [2.05, 4.69) is 13.8 Å². The van der Waals surface area contributed by atoms with Gasteiger partial charge in [0.2, 0.25) is 0 Å². The van der Waals surface area contributed by atoms with Crippen LogP contribution in [0.15, 0.2) is 0 Å². The molecule has 0 heterocycles. The van der Waals surface area contributed by atoms with Gasteiger partial charge in [-0.25, -0.2) is 0 Å². The van der Waals surface area contributed by atoms with Crippen LogP contribution in [-0.4, -0.2) is 13.2 Å². The van der Waals surface area contributed by atoms with E-state index in [9.17, 15) is 0 Å². The van der Waals surface area contributed by atoms with Gasteiger partial charge in [0.15, 0.2) is 0 Å². The fourth-order valence-corrected chi connectivity index (χ4v) is 1.84. The average Bonchev–Trinajstić information content (AvgIpc) is 2.26. The zero-order chi connectivity index (χ0) is 11.2. The fourth-order valence-electron chi connectivity index (χ4n) is 1.84. The highest BCUT2D eigenvalue weighted by Gasteiger charge is 1.92. The Morgan fingerprint density at radius 3 is 1.50 bits per heavy atom. The van der Waals surface area contributed by atoms with E-state index < -0.39 is 0 Å². The highest BCUT2D eigenvalue weighted by Crippen LogP contribution is 2.10. The van der Waals surface area contributed by atoms with Gasteiger partial charge >= 0.3 is 0 Å². The summed E-state index contributed by atoms with van der Waals surface area (Å²) in [7, 11) is 0. The number of ether oxygens (including phenoxy) is 1. The molecule has 0 saturated carbocycles. The highest BCUT2D eigenvalue weighted by molar-refractivity contribution is 4.47. The Balaban J connectivity index is 0. The molecule has 0 amide bonds. The van der Waals surface area contributed by atoms with Crippen LogP contribution < -0.4 is 6.15 Å². The van der Waals surface area contributed by atoms with Gasteiger partial charge in [-0.2, -0.15) is 0 Å². The molecule has 0 rings (SSSR count). The first-order valence-electron chi connectivity index (χ1n) is 6.99. The van der Waals surface area contributed by atoms with Crippen molar-refractivity contribution in [2.45, 2.75) is 78.1 Å². The van der Waals surface area contributed by atoms with Gasteiger partial charge in [0.25, 0.3) is 0 Å². The second kappa shape index (κ2) is 17.3. The Labute approximate surface area is 103 Å². The molecule has 0 atom stereocenters. The van der Waals surface area contributed by atoms with Crippen molar-refractivity contribution in [2.24, 2.45) is 0 Å². The molecular weight excluding hydrogens is 198 g/mol. The van der Waals surface area contributed by atoms with E-state index in [0.717, 1.165) is 13.2 Å². The molecule has 0 unspecified atom stereocenters. The minimum atomic E-state index is 0. The smallest absolute Gasteiger partial charge is 0.0465 e. The lowest BCUT2D eigenvalue weighted by molar-refractivity contribution is 0.143. The number of rotatable bonds is 12. The van der Waals surface area contributed by atoms with Gasteiger partial charge in [-0.15, -0.1) is 0 Å². The summed E-state index contributed by atoms with van der Waals surface area (Å²) in [5, 5.41) is 0. The maximum atomic E-state index is 5.31. The molecular formula is C14H33NO. The average molecular weight is 231 g/mol. The lowest BCUT2D eigenvalue weighted by atomic mass is 10.1. The zero-order valence-electron chi connectivity index (χ0n) is 11.6. The molecule has 16 heavy (non-hydrogen) atoms. The molecule has 0 aromatic heterocycles. The molecule has 0 aliphatic heterocycles. The molecule has 2 heteroatoms. The normalized spacial score (nSPS) is 10.1. The predicted octanol–water partition coefficient (Wildman–Crippen LogP) is 5.11. The first-order chi connectivity index (χ1) is 7.41. The van der Waals surface area contributed by atoms with Crippen LogP contribution in [0.1, 0.15) is 78.1 Å². The predicted molar refractivity (Wildman–Crippen MR) is 73.4 cm³/mol. The third-order valence-electron chi connectivity index (χ3n) is 2.85. The minimum Gasteiger partial charge on any atom is -0.382 e. The lowest BCUT2D eigenvalue weighted by Gasteiger charge is -2.02. The Hall–Kier alpha value is -0.0800. The third kappa shape index (κ3) is 16.4. The van der Waals surface area contributed by atoms with Crippen molar-refractivity contribution >= 4 is 0 Å². The molecule has 0 fully saturated rings. The zero-order valence-corrected chi connectivity index (χ0v) is 11.6. The summed E-state index contributed by atoms with van der Waals surface area (Å²) in [5.74, 6) is 0. The first-order valence-corrected chi connectivity index (χ1v) is 6.99. The molecule has 0 aliphatic rings. The van der Waals surface area contributed by atoms with Crippen molar-refractivity contribution in [1.82, 2.24) is 6.15 Å². The second-order valence-corrected chi connectivity index (χ2v) is 4.38. The maximum Gasteiger partial charge on any atom is 0.0465 e. The summed E-state index contributed by atoms with van der Waals surface area (Å²) >= 11 is 0. The van der Waals surface area contributed by atoms with Crippen molar-refractivity contribution < 1.29 is 4.74 Å². The largest absolute Gasteiger partial charge is 0.382 e. The molecule has 0 aromatic rings. The Bertz CT molecular complexity index is 94.9. The van der Waals surface area contributed by atoms with E-state index in [4.69, 9.17) is 4.74 Å². The van der Waals surface area contributed by atoms with Crippen LogP contribution >= 0.6 is 0 Å². The van der Waals surface area contributed by atoms with Crippen LogP contribution in [-0.2, 0) is 4.74 Å². The Morgan fingerprint density at radius 1 is 0.625 bits per heavy atom. The molecule has 3 N–H and O–H groups in total. The third-order valence-corrected chi connectivity index (χ3v) is 2.85. The Kier molecular flexibility index (Phi) is 19.8. The highest BCUT2D eigenvalue weighted by atomic mass is 16.5. The van der Waals surface area contributed by atoms with Crippen molar-refractivity contribution in [2.75, 3.05) is 13.2 Å². The van der Waals surface area contributed by atoms with Crippen LogP contribution in [0.25, 0.3) is 0 Å². The van der Waals surface area contributed by atoms with E-state index in [1.165, 1.54) is 64.2 Å². The number of unbranched alkanes of at least 4 members (excludes halogenated alkanes) is 9. The molecule has 100 valence electrons. The topological polar surface area (TPSA) is 44.2 Å². The molecule has 0 saturated heterocycles. The van der Waals surface area contributed by atoms with Crippen molar-refractivity contribution in [3.63, 3.8) is 0 Å². The van der Waals surface area contributed by atoms with Crippen molar-refractivity contribution in [3.05, 3.63) is 0 Å². The van der Waals surface area contributed by atoms with Crippen molar-refractivity contribution in [1.29, 1.82) is 0 Å². The molecule has 2 nitrogen and oxygen atoms in total. The van der Waals surface area contributed by atoms with E-state index in [1.807, 2.05) is 0 Å². The minimum absolute atomic E-state index is 0. The number of hydrogen-bond donors (Lipinski definition) is 1. The van der Waals surface area contributed by atoms with Crippen LogP contribution in [0.4, 0.5) is 0 Å². The fraction of sp³-hybridized carbons (Fsp3) is 1.00. The maximum absolute atomic E-state index is 5.31. The summed E-state index contributed by atoms with van der Waals surface area (Å²) in [6, 6.07) is 0. The SMILES string of the molecule is CCCCCCCCCCCCOCC.N. The van der Waals surface area contributed by atoms with Crippen LogP contribution in [0.2, 0.25) is 0 Å². The lowest BCUT2D eigenvalue weighted by Crippen LogP contribution is -1.92. The van der Waals surface area contributed by atoms with Gasteiger partial charge in [-0.3, -0.25) is 0 Å². The molecule has 0 aliphatic carbocycles. The summed E-state index contributed by atoms with van der Waals surface area (Å²) in [5.41, 5.74) is 0. The van der Waals surface area contributed by atoms with E-state index in [-0.39, 0.29) is 6.15 Å². The van der Waals surface area contributed by atoms with Gasteiger partial charge in [0.05, 0.1) is 0 Å². The molecule has 0 aromatic carbocycles. The van der Waals surface area contributed by atoms with Gasteiger partial charge in [0.1, 0.15) is 0 Å². The molecule has 0 bridgehead atoms. The van der Waals surface area contributed by atoms with E-state index in [0.29, 0.717) is 0 Å². The number of hydrogen-bond acceptors (Lipinski definition) is 2. The quantitative estimate of drug-likeness (QED) is 0.474. The van der Waals surface area contributed by atoms with Crippen LogP contribution in [0.5, 0.6) is 0 Å². The standard InChI is InChI=1S/C14H30O.H3N/c1-3-5-6-7-8-9-10-11-12-13-14-15-4-2;/h3-14H2,1-2H3;1H3. The molecule has 0 spiro atoms. The summed E-state index contributed by atoms with van der Waals surface area (Å²) in [6.07, 6.45) is 14.0.